The summed E-state index contributed by atoms with van der Waals surface area (Å²) in [6.07, 6.45) is 0.289. The SMILES string of the molecule is CCCCCC(=O)N[C@H]1[C@@H](OC(C)=O)O[C@H](COC(=O)CCCCC)[C@@H](OC(C)=O)[C@@H]1OC(C)=O. The molecule has 0 unspecified atom stereocenters. The molecule has 1 saturated heterocycles. The van der Waals surface area contributed by atoms with Crippen LogP contribution in [0.2, 0.25) is 0 Å². The molecule has 0 aromatic heterocycles. The van der Waals surface area contributed by atoms with E-state index in [9.17, 15) is 24.0 Å². The molecule has 1 fully saturated rings. The van der Waals surface area contributed by atoms with Crippen LogP contribution < -0.4 is 5.32 Å². The molecule has 0 saturated carbocycles. The Balaban J connectivity index is 3.17. The summed E-state index contributed by atoms with van der Waals surface area (Å²) in [7, 11) is 0. The standard InChI is InChI=1S/C24H39NO10/c1-6-8-10-12-19(29)25-21-23(33-16(4)27)22(32-15(3)26)18(35-24(21)34-17(5)28)14-31-20(30)13-11-9-7-2/h18,21-24H,6-14H2,1-5H3,(H,25,29)/t18-,21-,22-,23-,24+/m1/s1. The minimum Gasteiger partial charge on any atom is -0.463 e. The van der Waals surface area contributed by atoms with E-state index in [1.807, 2.05) is 13.8 Å². The van der Waals surface area contributed by atoms with Crippen molar-refractivity contribution in [3.8, 4) is 0 Å². The Kier molecular flexibility index (Phi) is 13.9. The number of ether oxygens (including phenoxy) is 5. The molecule has 1 aliphatic rings. The molecule has 200 valence electrons. The molecular weight excluding hydrogens is 462 g/mol. The summed E-state index contributed by atoms with van der Waals surface area (Å²) in [4.78, 5) is 60.3. The van der Waals surface area contributed by atoms with Crippen LogP contribution in [0.4, 0.5) is 0 Å². The Hall–Kier alpha value is -2.69. The van der Waals surface area contributed by atoms with Crippen LogP contribution in [0.1, 0.15) is 86.0 Å². The first kappa shape index (κ1) is 30.3. The lowest BCUT2D eigenvalue weighted by Crippen LogP contribution is -2.67. The van der Waals surface area contributed by atoms with E-state index < -0.39 is 54.5 Å². The van der Waals surface area contributed by atoms with Crippen LogP contribution >= 0.6 is 0 Å². The summed E-state index contributed by atoms with van der Waals surface area (Å²) in [6, 6.07) is -1.15. The van der Waals surface area contributed by atoms with Gasteiger partial charge in [0.1, 0.15) is 18.8 Å². The summed E-state index contributed by atoms with van der Waals surface area (Å²) in [5, 5.41) is 2.69. The number of nitrogens with one attached hydrogen (secondary N) is 1. The molecule has 1 aliphatic heterocycles. The lowest BCUT2D eigenvalue weighted by molar-refractivity contribution is -0.271. The number of hydrogen-bond donors (Lipinski definition) is 1. The second-order valence-corrected chi connectivity index (χ2v) is 8.49. The normalized spacial score (nSPS) is 23.6. The first-order valence-electron chi connectivity index (χ1n) is 12.2. The Labute approximate surface area is 206 Å². The van der Waals surface area contributed by atoms with Gasteiger partial charge in [-0.25, -0.2) is 0 Å². The van der Waals surface area contributed by atoms with Crippen LogP contribution in [-0.4, -0.2) is 67.0 Å². The highest BCUT2D eigenvalue weighted by molar-refractivity contribution is 5.76. The van der Waals surface area contributed by atoms with E-state index in [2.05, 4.69) is 5.32 Å². The number of hydrogen-bond acceptors (Lipinski definition) is 10. The molecular formula is C24H39NO10. The van der Waals surface area contributed by atoms with E-state index in [1.54, 1.807) is 0 Å². The Morgan fingerprint density at radius 3 is 1.83 bits per heavy atom. The second kappa shape index (κ2) is 16.1. The maximum absolute atomic E-state index is 12.6. The van der Waals surface area contributed by atoms with E-state index in [-0.39, 0.29) is 25.4 Å². The van der Waals surface area contributed by atoms with Gasteiger partial charge in [0.05, 0.1) is 0 Å². The molecule has 0 bridgehead atoms. The topological polar surface area (TPSA) is 144 Å². The fourth-order valence-electron chi connectivity index (χ4n) is 3.68. The maximum atomic E-state index is 12.6. The highest BCUT2D eigenvalue weighted by atomic mass is 16.7. The predicted molar refractivity (Wildman–Crippen MR) is 123 cm³/mol. The molecule has 0 aromatic carbocycles. The third-order valence-electron chi connectivity index (χ3n) is 5.26. The first-order chi connectivity index (χ1) is 16.6. The first-order valence-corrected chi connectivity index (χ1v) is 12.2. The smallest absolute Gasteiger partial charge is 0.305 e. The number of carbonyl (C=O) groups is 5. The number of carbonyl (C=O) groups excluding carboxylic acids is 5. The number of esters is 4. The maximum Gasteiger partial charge on any atom is 0.305 e. The third-order valence-corrected chi connectivity index (χ3v) is 5.26. The van der Waals surface area contributed by atoms with Crippen LogP contribution in [0.3, 0.4) is 0 Å². The van der Waals surface area contributed by atoms with E-state index in [0.717, 1.165) is 46.5 Å². The molecule has 0 spiro atoms. The van der Waals surface area contributed by atoms with Gasteiger partial charge in [-0.3, -0.25) is 24.0 Å². The zero-order chi connectivity index (χ0) is 26.4. The molecule has 11 nitrogen and oxygen atoms in total. The number of amides is 1. The van der Waals surface area contributed by atoms with Crippen LogP contribution in [0, 0.1) is 0 Å². The summed E-state index contributed by atoms with van der Waals surface area (Å²) < 4.78 is 27.2. The van der Waals surface area contributed by atoms with E-state index >= 15 is 0 Å². The zero-order valence-electron chi connectivity index (χ0n) is 21.3. The highest BCUT2D eigenvalue weighted by Crippen LogP contribution is 2.28. The average molecular weight is 502 g/mol. The van der Waals surface area contributed by atoms with E-state index in [1.165, 1.54) is 0 Å². The van der Waals surface area contributed by atoms with Crippen molar-refractivity contribution in [2.45, 2.75) is 117 Å². The highest BCUT2D eigenvalue weighted by Gasteiger charge is 2.52. The van der Waals surface area contributed by atoms with Crippen molar-refractivity contribution >= 4 is 29.8 Å². The van der Waals surface area contributed by atoms with Crippen LogP contribution in [0.25, 0.3) is 0 Å². The fraction of sp³-hybridized carbons (Fsp3) is 0.792. The number of rotatable bonds is 14. The number of unbranched alkanes of at least 4 members (excludes halogenated alkanes) is 4. The van der Waals surface area contributed by atoms with Crippen molar-refractivity contribution in [1.29, 1.82) is 0 Å². The Bertz CT molecular complexity index is 725. The van der Waals surface area contributed by atoms with Crippen molar-refractivity contribution in [3.63, 3.8) is 0 Å². The molecule has 1 N–H and O–H groups in total. The van der Waals surface area contributed by atoms with Crippen molar-refractivity contribution < 1.29 is 47.7 Å². The van der Waals surface area contributed by atoms with Gasteiger partial charge in [-0.1, -0.05) is 39.5 Å². The van der Waals surface area contributed by atoms with Crippen molar-refractivity contribution in [2.24, 2.45) is 0 Å². The van der Waals surface area contributed by atoms with E-state index in [4.69, 9.17) is 23.7 Å². The minimum atomic E-state index is -1.37. The fourth-order valence-corrected chi connectivity index (χ4v) is 3.68. The minimum absolute atomic E-state index is 0.195. The van der Waals surface area contributed by atoms with Gasteiger partial charge in [-0.15, -0.1) is 0 Å². The molecule has 35 heavy (non-hydrogen) atoms. The summed E-state index contributed by atoms with van der Waals surface area (Å²) in [6.45, 7) is 7.15. The van der Waals surface area contributed by atoms with Gasteiger partial charge in [-0.2, -0.15) is 0 Å². The van der Waals surface area contributed by atoms with Crippen LogP contribution in [-0.2, 0) is 47.7 Å². The van der Waals surface area contributed by atoms with Crippen molar-refractivity contribution in [3.05, 3.63) is 0 Å². The van der Waals surface area contributed by atoms with E-state index in [0.29, 0.717) is 12.8 Å². The van der Waals surface area contributed by atoms with Gasteiger partial charge >= 0.3 is 23.9 Å². The van der Waals surface area contributed by atoms with Gasteiger partial charge in [0.25, 0.3) is 0 Å². The molecule has 5 atom stereocenters. The molecule has 0 aliphatic carbocycles. The van der Waals surface area contributed by atoms with Crippen molar-refractivity contribution in [1.82, 2.24) is 5.32 Å². The average Bonchev–Trinajstić information content (AvgIpc) is 2.76. The molecule has 11 heteroatoms. The zero-order valence-corrected chi connectivity index (χ0v) is 21.3. The summed E-state index contributed by atoms with van der Waals surface area (Å²) >= 11 is 0. The van der Waals surface area contributed by atoms with Gasteiger partial charge in [0.15, 0.2) is 12.2 Å². The largest absolute Gasteiger partial charge is 0.463 e. The lowest BCUT2D eigenvalue weighted by atomic mass is 9.95. The molecule has 1 heterocycles. The van der Waals surface area contributed by atoms with Gasteiger partial charge < -0.3 is 29.0 Å². The second-order valence-electron chi connectivity index (χ2n) is 8.49. The monoisotopic (exact) mass is 501 g/mol. The molecule has 1 rings (SSSR count). The molecule has 0 radical (unpaired) electrons. The summed E-state index contributed by atoms with van der Waals surface area (Å²) in [5.41, 5.74) is 0. The molecule has 1 amide bonds. The lowest BCUT2D eigenvalue weighted by Gasteiger charge is -2.44. The predicted octanol–water partition coefficient (Wildman–Crippen LogP) is 2.33. The van der Waals surface area contributed by atoms with Gasteiger partial charge in [-0.05, 0) is 12.8 Å². The molecule has 0 aromatic rings. The van der Waals surface area contributed by atoms with Gasteiger partial charge in [0.2, 0.25) is 12.2 Å². The summed E-state index contributed by atoms with van der Waals surface area (Å²) in [5.74, 6) is -2.96. The van der Waals surface area contributed by atoms with Gasteiger partial charge in [0, 0.05) is 33.6 Å². The third kappa shape index (κ3) is 11.5. The Morgan fingerprint density at radius 1 is 0.743 bits per heavy atom. The Morgan fingerprint density at radius 2 is 1.29 bits per heavy atom. The van der Waals surface area contributed by atoms with Crippen LogP contribution in [0.5, 0.6) is 0 Å². The van der Waals surface area contributed by atoms with Crippen LogP contribution in [0.15, 0.2) is 0 Å². The van der Waals surface area contributed by atoms with Crippen molar-refractivity contribution in [2.75, 3.05) is 6.61 Å². The quantitative estimate of drug-likeness (QED) is 0.214.